The third kappa shape index (κ3) is 6.16. The molecule has 40 heavy (non-hydrogen) atoms. The monoisotopic (exact) mass is 572 g/mol. The highest BCUT2D eigenvalue weighted by Crippen LogP contribution is 2.38. The molecule has 1 amide bonds. The Bertz CT molecular complexity index is 1300. The van der Waals surface area contributed by atoms with Crippen LogP contribution in [0.1, 0.15) is 25.1 Å². The van der Waals surface area contributed by atoms with E-state index in [1.807, 2.05) is 6.92 Å². The smallest absolute Gasteiger partial charge is 0.409 e. The molecule has 0 bridgehead atoms. The highest BCUT2D eigenvalue weighted by atomic mass is 35.5. The summed E-state index contributed by atoms with van der Waals surface area (Å²) in [6.45, 7) is 8.12. The number of ketones is 1. The van der Waals surface area contributed by atoms with Crippen molar-refractivity contribution in [3.8, 4) is 17.1 Å². The molecule has 1 aromatic heterocycles. The Morgan fingerprint density at radius 1 is 1.20 bits per heavy atom. The molecule has 0 aliphatic carbocycles. The Labute approximate surface area is 239 Å². The van der Waals surface area contributed by atoms with Gasteiger partial charge in [0.1, 0.15) is 24.3 Å². The summed E-state index contributed by atoms with van der Waals surface area (Å²) in [7, 11) is 3.15. The SMILES string of the molecule is CNC[C@@H](O)COc1ccc(Cl)c(-c2nc(C(C(C)=O)=C(C)N)c(C)c(N3C[C@H]4CN(C(=O)OC)C[C@H]4C3)n2)c1. The van der Waals surface area contributed by atoms with E-state index in [4.69, 9.17) is 36.8 Å². The number of carbonyl (C=O) groups excluding carboxylic acids is 2. The van der Waals surface area contributed by atoms with Crippen LogP contribution in [0.3, 0.4) is 0 Å². The number of rotatable bonds is 9. The van der Waals surface area contributed by atoms with Crippen LogP contribution < -0.4 is 20.7 Å². The number of anilines is 1. The summed E-state index contributed by atoms with van der Waals surface area (Å²) in [5, 5.41) is 13.4. The van der Waals surface area contributed by atoms with Crippen LogP contribution in [-0.4, -0.2) is 91.4 Å². The molecule has 4 N–H and O–H groups in total. The Kier molecular flexibility index (Phi) is 9.17. The Morgan fingerprint density at radius 3 is 2.45 bits per heavy atom. The van der Waals surface area contributed by atoms with Gasteiger partial charge in [0.15, 0.2) is 11.6 Å². The standard InChI is InChI=1S/C28H37ClN6O5/c1-15-25(24(16(2)30)17(3)36)32-26(22-8-21(6-7-23(22)29)40-14-20(37)9-31-4)33-27(15)34-10-18-12-35(28(38)39-5)13-19(18)11-34/h6-8,18-20,31,37H,9-14,30H2,1-5H3/t18-,19+,20-/m1/s1. The van der Waals surface area contributed by atoms with E-state index < -0.39 is 6.10 Å². The van der Waals surface area contributed by atoms with E-state index in [9.17, 15) is 14.7 Å². The van der Waals surface area contributed by atoms with Gasteiger partial charge in [0.05, 0.1) is 23.4 Å². The highest BCUT2D eigenvalue weighted by Gasteiger charge is 2.43. The number of likely N-dealkylation sites (tertiary alicyclic amines) is 1. The van der Waals surface area contributed by atoms with Crippen LogP contribution in [0, 0.1) is 18.8 Å². The van der Waals surface area contributed by atoms with Gasteiger partial charge in [0, 0.05) is 61.4 Å². The fourth-order valence-electron chi connectivity index (χ4n) is 5.50. The Hall–Kier alpha value is -3.41. The average Bonchev–Trinajstić information content (AvgIpc) is 3.48. The first kappa shape index (κ1) is 29.6. The molecule has 216 valence electrons. The number of aromatic nitrogens is 2. The number of nitrogens with zero attached hydrogens (tertiary/aromatic N) is 4. The van der Waals surface area contributed by atoms with Gasteiger partial charge >= 0.3 is 6.09 Å². The van der Waals surface area contributed by atoms with Crippen LogP contribution in [0.25, 0.3) is 17.0 Å². The van der Waals surface area contributed by atoms with Gasteiger partial charge < -0.3 is 35.4 Å². The van der Waals surface area contributed by atoms with E-state index in [0.29, 0.717) is 77.7 Å². The van der Waals surface area contributed by atoms with E-state index in [2.05, 4.69) is 10.2 Å². The van der Waals surface area contributed by atoms with Crippen molar-refractivity contribution >= 4 is 34.9 Å². The van der Waals surface area contributed by atoms with Crippen LogP contribution in [-0.2, 0) is 9.53 Å². The lowest BCUT2D eigenvalue weighted by molar-refractivity contribution is -0.111. The van der Waals surface area contributed by atoms with Crippen molar-refractivity contribution in [1.82, 2.24) is 20.2 Å². The molecule has 0 unspecified atom stereocenters. The molecule has 11 nitrogen and oxygen atoms in total. The highest BCUT2D eigenvalue weighted by molar-refractivity contribution is 6.33. The summed E-state index contributed by atoms with van der Waals surface area (Å²) in [5.74, 6) is 1.85. The minimum Gasteiger partial charge on any atom is -0.491 e. The molecule has 0 radical (unpaired) electrons. The third-order valence-corrected chi connectivity index (χ3v) is 7.71. The topological polar surface area (TPSA) is 143 Å². The van der Waals surface area contributed by atoms with Crippen LogP contribution in [0.4, 0.5) is 10.6 Å². The summed E-state index contributed by atoms with van der Waals surface area (Å²) in [6, 6.07) is 5.14. The number of amides is 1. The first-order valence-corrected chi connectivity index (χ1v) is 13.6. The number of ether oxygens (including phenoxy) is 2. The number of nitrogens with one attached hydrogen (secondary N) is 1. The predicted octanol–water partition coefficient (Wildman–Crippen LogP) is 2.48. The molecule has 3 heterocycles. The number of halogens is 1. The van der Waals surface area contributed by atoms with Gasteiger partial charge in [-0.3, -0.25) is 4.79 Å². The summed E-state index contributed by atoms with van der Waals surface area (Å²) >= 11 is 6.63. The molecule has 2 aromatic rings. The number of benzene rings is 1. The van der Waals surface area contributed by atoms with E-state index in [1.54, 1.807) is 37.1 Å². The van der Waals surface area contributed by atoms with Crippen molar-refractivity contribution in [3.05, 3.63) is 40.2 Å². The second kappa shape index (κ2) is 12.4. The van der Waals surface area contributed by atoms with Gasteiger partial charge in [0.2, 0.25) is 0 Å². The quantitative estimate of drug-likeness (QED) is 0.383. The third-order valence-electron chi connectivity index (χ3n) is 7.38. The van der Waals surface area contributed by atoms with Crippen LogP contribution >= 0.6 is 11.6 Å². The predicted molar refractivity (Wildman–Crippen MR) is 153 cm³/mol. The molecule has 0 saturated carbocycles. The minimum absolute atomic E-state index is 0.0932. The van der Waals surface area contributed by atoms with Crippen LogP contribution in [0.2, 0.25) is 5.02 Å². The summed E-state index contributed by atoms with van der Waals surface area (Å²) in [6.07, 6.45) is -0.993. The number of nitrogens with two attached hydrogens (primary N) is 1. The first-order valence-electron chi connectivity index (χ1n) is 13.2. The zero-order chi connectivity index (χ0) is 29.1. The number of carbonyl (C=O) groups is 2. The van der Waals surface area contributed by atoms with Crippen molar-refractivity contribution in [1.29, 1.82) is 0 Å². The lowest BCUT2D eigenvalue weighted by atomic mass is 10.0. The lowest BCUT2D eigenvalue weighted by Crippen LogP contribution is -2.33. The Morgan fingerprint density at radius 2 is 1.88 bits per heavy atom. The summed E-state index contributed by atoms with van der Waals surface area (Å²) in [4.78, 5) is 38.4. The summed E-state index contributed by atoms with van der Waals surface area (Å²) < 4.78 is 10.7. The van der Waals surface area contributed by atoms with Gasteiger partial charge in [-0.05, 0) is 46.0 Å². The molecule has 2 fully saturated rings. The molecule has 0 spiro atoms. The van der Waals surface area contributed by atoms with Gasteiger partial charge in [0.25, 0.3) is 0 Å². The number of allylic oxidation sites excluding steroid dienone is 2. The molecule has 4 rings (SSSR count). The average molecular weight is 573 g/mol. The maximum Gasteiger partial charge on any atom is 0.409 e. The van der Waals surface area contributed by atoms with Crippen LogP contribution in [0.5, 0.6) is 5.75 Å². The molecule has 2 saturated heterocycles. The first-order chi connectivity index (χ1) is 19.0. The van der Waals surface area contributed by atoms with E-state index in [0.717, 1.165) is 5.56 Å². The number of aliphatic hydroxyl groups excluding tert-OH is 1. The largest absolute Gasteiger partial charge is 0.491 e. The van der Waals surface area contributed by atoms with Gasteiger partial charge in [-0.25, -0.2) is 14.8 Å². The normalized spacial score (nSPS) is 19.8. The van der Waals surface area contributed by atoms with Crippen molar-refractivity contribution in [2.45, 2.75) is 26.9 Å². The van der Waals surface area contributed by atoms with Gasteiger partial charge in [-0.15, -0.1) is 0 Å². The molecular weight excluding hydrogens is 536 g/mol. The van der Waals surface area contributed by atoms with Crippen molar-refractivity contribution in [3.63, 3.8) is 0 Å². The number of hydrogen-bond acceptors (Lipinski definition) is 10. The van der Waals surface area contributed by atoms with Gasteiger partial charge in [-0.2, -0.15) is 0 Å². The number of fused-ring (bicyclic) bond motifs is 1. The number of methoxy groups -OCH3 is 1. The summed E-state index contributed by atoms with van der Waals surface area (Å²) in [5.41, 5.74) is 8.58. The fourth-order valence-corrected chi connectivity index (χ4v) is 5.71. The molecule has 2 aliphatic rings. The van der Waals surface area contributed by atoms with Crippen molar-refractivity contribution in [2.75, 3.05) is 58.4 Å². The van der Waals surface area contributed by atoms with Crippen molar-refractivity contribution < 1.29 is 24.2 Å². The molecule has 12 heteroatoms. The fraction of sp³-hybridized carbons (Fsp3) is 0.500. The van der Waals surface area contributed by atoms with Gasteiger partial charge in [-0.1, -0.05) is 11.6 Å². The van der Waals surface area contributed by atoms with E-state index in [1.165, 1.54) is 14.0 Å². The molecule has 2 aliphatic heterocycles. The van der Waals surface area contributed by atoms with Crippen molar-refractivity contribution in [2.24, 2.45) is 17.6 Å². The van der Waals surface area contributed by atoms with Crippen LogP contribution in [0.15, 0.2) is 23.9 Å². The second-order valence-corrected chi connectivity index (χ2v) is 10.8. The van der Waals surface area contributed by atoms with E-state index >= 15 is 0 Å². The molecule has 3 atom stereocenters. The minimum atomic E-state index is -0.682. The maximum atomic E-state index is 12.7. The zero-order valence-electron chi connectivity index (χ0n) is 23.5. The molecular formula is C28H37ClN6O5. The van der Waals surface area contributed by atoms with E-state index in [-0.39, 0.29) is 30.3 Å². The lowest BCUT2D eigenvalue weighted by Gasteiger charge is -2.25. The number of likely N-dealkylation sites (N-methyl/N-ethyl adjacent to an activating group) is 1. The number of aliphatic hydroxyl groups is 1. The second-order valence-electron chi connectivity index (χ2n) is 10.4. The molecule has 1 aromatic carbocycles. The number of hydrogen-bond donors (Lipinski definition) is 3. The maximum absolute atomic E-state index is 12.7. The number of Topliss-reactive ketones (excluding diaryl/α,β-unsaturated/α-hetero) is 1. The zero-order valence-corrected chi connectivity index (χ0v) is 24.3. The Balaban J connectivity index is 1.74.